The summed E-state index contributed by atoms with van der Waals surface area (Å²) in [5.74, 6) is 0.396. The van der Waals surface area contributed by atoms with Crippen molar-refractivity contribution in [3.63, 3.8) is 0 Å². The number of hydrogen-bond acceptors (Lipinski definition) is 3. The smallest absolute Gasteiger partial charge is 0.116 e. The summed E-state index contributed by atoms with van der Waals surface area (Å²) in [6.07, 6.45) is 3.43. The Balaban J connectivity index is 2.81. The Labute approximate surface area is 83.2 Å². The van der Waals surface area contributed by atoms with E-state index < -0.39 is 0 Å². The minimum atomic E-state index is 0.396. The van der Waals surface area contributed by atoms with Gasteiger partial charge in [0, 0.05) is 17.3 Å². The third-order valence-electron chi connectivity index (χ3n) is 2.33. The molecule has 72 valence electrons. The van der Waals surface area contributed by atoms with Gasteiger partial charge in [-0.2, -0.15) is 0 Å². The Morgan fingerprint density at radius 1 is 1.14 bits per heavy atom. The zero-order valence-corrected chi connectivity index (χ0v) is 8.65. The highest BCUT2D eigenvalue weighted by molar-refractivity contribution is 5.82. The lowest BCUT2D eigenvalue weighted by atomic mass is 10.1. The maximum Gasteiger partial charge on any atom is 0.116 e. The van der Waals surface area contributed by atoms with Crippen molar-refractivity contribution in [3.05, 3.63) is 30.0 Å². The summed E-state index contributed by atoms with van der Waals surface area (Å²) in [5.41, 5.74) is 3.04. The quantitative estimate of drug-likeness (QED) is 0.688. The SMILES string of the molecule is Cc1ncnc2c(C(C)C)nccc12. The van der Waals surface area contributed by atoms with E-state index in [9.17, 15) is 0 Å². The number of rotatable bonds is 1. The van der Waals surface area contributed by atoms with Gasteiger partial charge in [-0.25, -0.2) is 9.97 Å². The molecule has 0 saturated heterocycles. The molecule has 0 unspecified atom stereocenters. The van der Waals surface area contributed by atoms with Gasteiger partial charge in [-0.05, 0) is 18.9 Å². The summed E-state index contributed by atoms with van der Waals surface area (Å²) in [7, 11) is 0. The Kier molecular flexibility index (Phi) is 2.15. The molecule has 0 radical (unpaired) electrons. The third kappa shape index (κ3) is 1.35. The van der Waals surface area contributed by atoms with Gasteiger partial charge >= 0.3 is 0 Å². The van der Waals surface area contributed by atoms with E-state index in [1.54, 1.807) is 6.33 Å². The van der Waals surface area contributed by atoms with Crippen molar-refractivity contribution in [1.29, 1.82) is 0 Å². The predicted molar refractivity (Wildman–Crippen MR) is 56.2 cm³/mol. The standard InChI is InChI=1S/C11H13N3/c1-7(2)10-11-9(4-5-12-10)8(3)13-6-14-11/h4-7H,1-3H3. The summed E-state index contributed by atoms with van der Waals surface area (Å²) in [6.45, 7) is 6.24. The Morgan fingerprint density at radius 2 is 1.93 bits per heavy atom. The summed E-state index contributed by atoms with van der Waals surface area (Å²) in [6, 6.07) is 1.97. The van der Waals surface area contributed by atoms with Crippen LogP contribution in [0, 0.1) is 6.92 Å². The number of hydrogen-bond donors (Lipinski definition) is 0. The van der Waals surface area contributed by atoms with Crippen molar-refractivity contribution in [2.75, 3.05) is 0 Å². The summed E-state index contributed by atoms with van der Waals surface area (Å²) in [4.78, 5) is 12.8. The molecule has 0 bridgehead atoms. The highest BCUT2D eigenvalue weighted by atomic mass is 14.9. The van der Waals surface area contributed by atoms with Gasteiger partial charge in [0.15, 0.2) is 0 Å². The van der Waals surface area contributed by atoms with Gasteiger partial charge in [-0.3, -0.25) is 4.98 Å². The highest BCUT2D eigenvalue weighted by Gasteiger charge is 2.08. The monoisotopic (exact) mass is 187 g/mol. The second kappa shape index (κ2) is 3.33. The fraction of sp³-hybridized carbons (Fsp3) is 0.364. The second-order valence-electron chi connectivity index (χ2n) is 3.71. The molecule has 0 aliphatic heterocycles. The van der Waals surface area contributed by atoms with Gasteiger partial charge in [0.2, 0.25) is 0 Å². The minimum Gasteiger partial charge on any atom is -0.259 e. The third-order valence-corrected chi connectivity index (χ3v) is 2.33. The highest BCUT2D eigenvalue weighted by Crippen LogP contribution is 2.21. The van der Waals surface area contributed by atoms with Crippen LogP contribution in [-0.4, -0.2) is 15.0 Å². The number of nitrogens with zero attached hydrogens (tertiary/aromatic N) is 3. The molecule has 3 nitrogen and oxygen atoms in total. The van der Waals surface area contributed by atoms with E-state index in [1.165, 1.54) is 0 Å². The number of fused-ring (bicyclic) bond motifs is 1. The van der Waals surface area contributed by atoms with Crippen LogP contribution in [0.2, 0.25) is 0 Å². The predicted octanol–water partition coefficient (Wildman–Crippen LogP) is 2.46. The van der Waals surface area contributed by atoms with E-state index in [4.69, 9.17) is 0 Å². The molecule has 0 amide bonds. The lowest BCUT2D eigenvalue weighted by molar-refractivity contribution is 0.829. The molecule has 0 N–H and O–H groups in total. The van der Waals surface area contributed by atoms with Crippen molar-refractivity contribution >= 4 is 10.9 Å². The van der Waals surface area contributed by atoms with Gasteiger partial charge in [0.25, 0.3) is 0 Å². The van der Waals surface area contributed by atoms with Crippen LogP contribution in [0.1, 0.15) is 31.2 Å². The fourth-order valence-electron chi connectivity index (χ4n) is 1.56. The van der Waals surface area contributed by atoms with E-state index in [0.717, 1.165) is 22.3 Å². The van der Waals surface area contributed by atoms with Gasteiger partial charge in [-0.1, -0.05) is 13.8 Å². The van der Waals surface area contributed by atoms with Crippen molar-refractivity contribution < 1.29 is 0 Å². The topological polar surface area (TPSA) is 38.7 Å². The van der Waals surface area contributed by atoms with Gasteiger partial charge in [0.1, 0.15) is 6.33 Å². The molecular formula is C11H13N3. The molecule has 0 aliphatic carbocycles. The first kappa shape index (κ1) is 9.06. The molecule has 2 heterocycles. The van der Waals surface area contributed by atoms with Crippen LogP contribution in [-0.2, 0) is 0 Å². The average Bonchev–Trinajstić information content (AvgIpc) is 2.17. The Morgan fingerprint density at radius 3 is 2.64 bits per heavy atom. The zero-order valence-electron chi connectivity index (χ0n) is 8.65. The van der Waals surface area contributed by atoms with Crippen LogP contribution in [0.3, 0.4) is 0 Å². The lowest BCUT2D eigenvalue weighted by Crippen LogP contribution is -1.97. The van der Waals surface area contributed by atoms with E-state index in [0.29, 0.717) is 5.92 Å². The molecule has 14 heavy (non-hydrogen) atoms. The Bertz CT molecular complexity index is 463. The van der Waals surface area contributed by atoms with E-state index in [1.807, 2.05) is 19.2 Å². The van der Waals surface area contributed by atoms with Gasteiger partial charge in [0.05, 0.1) is 11.2 Å². The molecule has 0 saturated carbocycles. The lowest BCUT2D eigenvalue weighted by Gasteiger charge is -2.07. The van der Waals surface area contributed by atoms with Crippen LogP contribution in [0.4, 0.5) is 0 Å². The molecule has 2 aromatic heterocycles. The molecule has 2 rings (SSSR count). The van der Waals surface area contributed by atoms with E-state index in [2.05, 4.69) is 28.8 Å². The number of aromatic nitrogens is 3. The Hall–Kier alpha value is -1.51. The van der Waals surface area contributed by atoms with E-state index >= 15 is 0 Å². The molecule has 0 atom stereocenters. The van der Waals surface area contributed by atoms with Crippen molar-refractivity contribution in [3.8, 4) is 0 Å². The van der Waals surface area contributed by atoms with Crippen molar-refractivity contribution in [2.24, 2.45) is 0 Å². The minimum absolute atomic E-state index is 0.396. The largest absolute Gasteiger partial charge is 0.259 e. The summed E-state index contributed by atoms with van der Waals surface area (Å²) >= 11 is 0. The molecular weight excluding hydrogens is 174 g/mol. The summed E-state index contributed by atoms with van der Waals surface area (Å²) < 4.78 is 0. The molecule has 0 aliphatic rings. The maximum atomic E-state index is 4.36. The van der Waals surface area contributed by atoms with E-state index in [-0.39, 0.29) is 0 Å². The van der Waals surface area contributed by atoms with Crippen LogP contribution in [0.15, 0.2) is 18.6 Å². The molecule has 0 fully saturated rings. The number of aryl methyl sites for hydroxylation is 1. The van der Waals surface area contributed by atoms with Gasteiger partial charge < -0.3 is 0 Å². The first-order valence-corrected chi connectivity index (χ1v) is 4.76. The first-order valence-electron chi connectivity index (χ1n) is 4.76. The molecule has 2 aromatic rings. The van der Waals surface area contributed by atoms with Gasteiger partial charge in [-0.15, -0.1) is 0 Å². The average molecular weight is 187 g/mol. The first-order chi connectivity index (χ1) is 6.70. The number of pyridine rings is 1. The van der Waals surface area contributed by atoms with Crippen LogP contribution in [0.5, 0.6) is 0 Å². The normalized spacial score (nSPS) is 11.1. The van der Waals surface area contributed by atoms with Crippen molar-refractivity contribution in [2.45, 2.75) is 26.7 Å². The van der Waals surface area contributed by atoms with Crippen LogP contribution >= 0.6 is 0 Å². The fourth-order valence-corrected chi connectivity index (χ4v) is 1.56. The molecule has 3 heteroatoms. The van der Waals surface area contributed by atoms with Crippen molar-refractivity contribution in [1.82, 2.24) is 15.0 Å². The summed E-state index contributed by atoms with van der Waals surface area (Å²) in [5, 5.41) is 1.10. The molecule has 0 aromatic carbocycles. The van der Waals surface area contributed by atoms with Crippen LogP contribution < -0.4 is 0 Å². The molecule has 0 spiro atoms. The zero-order chi connectivity index (χ0) is 10.1. The maximum absolute atomic E-state index is 4.36. The van der Waals surface area contributed by atoms with Crippen LogP contribution in [0.25, 0.3) is 10.9 Å². The second-order valence-corrected chi connectivity index (χ2v) is 3.71.